The molecule has 1 aliphatic rings. The van der Waals surface area contributed by atoms with Gasteiger partial charge in [0.25, 0.3) is 0 Å². The van der Waals surface area contributed by atoms with Crippen molar-refractivity contribution >= 4 is 28.4 Å². The number of aromatic nitrogens is 3. The first-order valence-electron chi connectivity index (χ1n) is 11.4. The van der Waals surface area contributed by atoms with Crippen LogP contribution in [0.15, 0.2) is 36.7 Å². The van der Waals surface area contributed by atoms with Crippen molar-refractivity contribution in [2.75, 3.05) is 30.8 Å². The summed E-state index contributed by atoms with van der Waals surface area (Å²) in [6, 6.07) is 7.93. The Morgan fingerprint density at radius 2 is 1.97 bits per heavy atom. The number of anilines is 2. The smallest absolute Gasteiger partial charge is 0.306 e. The van der Waals surface area contributed by atoms with E-state index in [0.29, 0.717) is 18.7 Å². The molecule has 0 amide bonds. The van der Waals surface area contributed by atoms with E-state index in [1.807, 2.05) is 55.9 Å². The normalized spacial score (nSPS) is 16.7. The fourth-order valence-corrected chi connectivity index (χ4v) is 4.46. The van der Waals surface area contributed by atoms with E-state index in [0.717, 1.165) is 54.0 Å². The lowest BCUT2D eigenvalue weighted by atomic mass is 9.94. The summed E-state index contributed by atoms with van der Waals surface area (Å²) in [6.07, 6.45) is 5.96. The van der Waals surface area contributed by atoms with Crippen molar-refractivity contribution in [1.82, 2.24) is 14.8 Å². The lowest BCUT2D eigenvalue weighted by Gasteiger charge is -2.35. The fraction of sp³-hybridized carbons (Fsp3) is 0.480. The van der Waals surface area contributed by atoms with Crippen molar-refractivity contribution in [2.45, 2.75) is 52.2 Å². The molecule has 0 unspecified atom stereocenters. The summed E-state index contributed by atoms with van der Waals surface area (Å²) in [5, 5.41) is 5.54. The zero-order chi connectivity index (χ0) is 23.6. The number of ether oxygens (including phenoxy) is 2. The molecule has 4 rings (SSSR count). The maximum atomic E-state index is 12.4. The second-order valence-electron chi connectivity index (χ2n) is 9.69. The first-order chi connectivity index (χ1) is 15.7. The van der Waals surface area contributed by atoms with E-state index in [-0.39, 0.29) is 11.9 Å². The molecular weight excluding hydrogens is 418 g/mol. The van der Waals surface area contributed by atoms with Gasteiger partial charge in [0.15, 0.2) is 5.65 Å². The van der Waals surface area contributed by atoms with Crippen LogP contribution in [0.4, 0.5) is 11.4 Å². The van der Waals surface area contributed by atoms with Gasteiger partial charge in [-0.2, -0.15) is 5.10 Å². The zero-order valence-electron chi connectivity index (χ0n) is 19.9. The minimum atomic E-state index is -0.467. The SMILES string of the molecule is COc1ccc(Cn2ncc3c(N4CCC[C@H](CC(=O)OC(C)(C)C)C4)c(N)cnc32)cc1. The molecule has 1 atom stereocenters. The summed E-state index contributed by atoms with van der Waals surface area (Å²) in [5.41, 5.74) is 9.41. The van der Waals surface area contributed by atoms with E-state index in [2.05, 4.69) is 15.0 Å². The van der Waals surface area contributed by atoms with Gasteiger partial charge in [-0.3, -0.25) is 4.79 Å². The molecule has 3 heterocycles. The number of nitrogens with two attached hydrogens (primary N) is 1. The molecule has 33 heavy (non-hydrogen) atoms. The van der Waals surface area contributed by atoms with Crippen LogP contribution in [0.3, 0.4) is 0 Å². The predicted octanol–water partition coefficient (Wildman–Crippen LogP) is 4.02. The Hall–Kier alpha value is -3.29. The fourth-order valence-electron chi connectivity index (χ4n) is 4.46. The average molecular weight is 452 g/mol. The highest BCUT2D eigenvalue weighted by atomic mass is 16.6. The molecule has 8 heteroatoms. The summed E-state index contributed by atoms with van der Waals surface area (Å²) in [4.78, 5) is 19.2. The summed E-state index contributed by atoms with van der Waals surface area (Å²) >= 11 is 0. The number of carbonyl (C=O) groups is 1. The van der Waals surface area contributed by atoms with Crippen LogP contribution in [0.25, 0.3) is 11.0 Å². The Bertz CT molecular complexity index is 1120. The molecule has 1 saturated heterocycles. The van der Waals surface area contributed by atoms with Crippen molar-refractivity contribution < 1.29 is 14.3 Å². The van der Waals surface area contributed by atoms with Gasteiger partial charge in [-0.1, -0.05) is 12.1 Å². The number of piperidine rings is 1. The second kappa shape index (κ2) is 9.29. The van der Waals surface area contributed by atoms with Gasteiger partial charge in [-0.25, -0.2) is 9.67 Å². The quantitative estimate of drug-likeness (QED) is 0.566. The monoisotopic (exact) mass is 451 g/mol. The topological polar surface area (TPSA) is 95.5 Å². The average Bonchev–Trinajstić information content (AvgIpc) is 3.15. The summed E-state index contributed by atoms with van der Waals surface area (Å²) in [7, 11) is 1.66. The minimum Gasteiger partial charge on any atom is -0.497 e. The molecule has 0 spiro atoms. The Kier molecular flexibility index (Phi) is 6.44. The Labute approximate surface area is 194 Å². The highest BCUT2D eigenvalue weighted by molar-refractivity contribution is 5.95. The number of methoxy groups -OCH3 is 1. The van der Waals surface area contributed by atoms with Gasteiger partial charge in [-0.15, -0.1) is 0 Å². The number of carbonyl (C=O) groups excluding carboxylic acids is 1. The van der Waals surface area contributed by atoms with Crippen LogP contribution in [0.1, 0.15) is 45.6 Å². The van der Waals surface area contributed by atoms with E-state index >= 15 is 0 Å². The Morgan fingerprint density at radius 3 is 2.67 bits per heavy atom. The minimum absolute atomic E-state index is 0.144. The van der Waals surface area contributed by atoms with Gasteiger partial charge in [-0.05, 0) is 57.2 Å². The van der Waals surface area contributed by atoms with Crippen LogP contribution < -0.4 is 15.4 Å². The van der Waals surface area contributed by atoms with E-state index in [4.69, 9.17) is 15.2 Å². The molecule has 2 aromatic heterocycles. The number of esters is 1. The van der Waals surface area contributed by atoms with E-state index < -0.39 is 5.60 Å². The molecular formula is C25H33N5O3. The maximum absolute atomic E-state index is 12.4. The molecule has 2 N–H and O–H groups in total. The van der Waals surface area contributed by atoms with Crippen LogP contribution in [0, 0.1) is 5.92 Å². The van der Waals surface area contributed by atoms with Gasteiger partial charge in [0.2, 0.25) is 0 Å². The van der Waals surface area contributed by atoms with Gasteiger partial charge in [0.1, 0.15) is 11.4 Å². The highest BCUT2D eigenvalue weighted by Gasteiger charge is 2.27. The third-order valence-electron chi connectivity index (χ3n) is 5.87. The first kappa shape index (κ1) is 22.9. The van der Waals surface area contributed by atoms with Gasteiger partial charge in [0.05, 0.1) is 49.2 Å². The zero-order valence-corrected chi connectivity index (χ0v) is 19.9. The summed E-state index contributed by atoms with van der Waals surface area (Å²) in [5.74, 6) is 0.906. The van der Waals surface area contributed by atoms with Gasteiger partial charge < -0.3 is 20.1 Å². The molecule has 0 radical (unpaired) electrons. The van der Waals surface area contributed by atoms with Crippen molar-refractivity contribution in [3.63, 3.8) is 0 Å². The Balaban J connectivity index is 1.54. The third kappa shape index (κ3) is 5.38. The number of pyridine rings is 1. The predicted molar refractivity (Wildman–Crippen MR) is 129 cm³/mol. The van der Waals surface area contributed by atoms with Crippen molar-refractivity contribution in [3.8, 4) is 5.75 Å². The lowest BCUT2D eigenvalue weighted by molar-refractivity contribution is -0.156. The van der Waals surface area contributed by atoms with Crippen LogP contribution in [0.2, 0.25) is 0 Å². The summed E-state index contributed by atoms with van der Waals surface area (Å²) < 4.78 is 12.7. The Morgan fingerprint density at radius 1 is 1.21 bits per heavy atom. The van der Waals surface area contributed by atoms with E-state index in [1.54, 1.807) is 13.3 Å². The summed E-state index contributed by atoms with van der Waals surface area (Å²) in [6.45, 7) is 7.94. The number of fused-ring (bicyclic) bond motifs is 1. The maximum Gasteiger partial charge on any atom is 0.306 e. The molecule has 0 aliphatic carbocycles. The number of hydrogen-bond acceptors (Lipinski definition) is 7. The third-order valence-corrected chi connectivity index (χ3v) is 5.87. The molecule has 1 aromatic carbocycles. The highest BCUT2D eigenvalue weighted by Crippen LogP contribution is 2.35. The molecule has 0 saturated carbocycles. The lowest BCUT2D eigenvalue weighted by Crippen LogP contribution is -2.37. The first-order valence-corrected chi connectivity index (χ1v) is 11.4. The van der Waals surface area contributed by atoms with Gasteiger partial charge >= 0.3 is 5.97 Å². The molecule has 1 fully saturated rings. The van der Waals surface area contributed by atoms with E-state index in [1.165, 1.54) is 0 Å². The number of benzene rings is 1. The van der Waals surface area contributed by atoms with Crippen molar-refractivity contribution in [2.24, 2.45) is 5.92 Å². The number of nitrogens with zero attached hydrogens (tertiary/aromatic N) is 4. The van der Waals surface area contributed by atoms with Crippen LogP contribution in [0.5, 0.6) is 5.75 Å². The van der Waals surface area contributed by atoms with E-state index in [9.17, 15) is 4.79 Å². The van der Waals surface area contributed by atoms with Crippen LogP contribution in [-0.2, 0) is 16.1 Å². The molecule has 176 valence electrons. The molecule has 1 aliphatic heterocycles. The number of hydrogen-bond donors (Lipinski definition) is 1. The van der Waals surface area contributed by atoms with Crippen LogP contribution in [-0.4, -0.2) is 46.5 Å². The standard InChI is InChI=1S/C25H33N5O3/c1-25(2,3)33-22(31)12-18-6-5-11-29(15-18)23-20-13-28-30(24(20)27-14-21(23)26)16-17-7-9-19(32-4)10-8-17/h7-10,13-14,18H,5-6,11-12,15-16,26H2,1-4H3/t18-/m1/s1. The van der Waals surface area contributed by atoms with Crippen molar-refractivity contribution in [3.05, 3.63) is 42.2 Å². The number of rotatable bonds is 6. The molecule has 0 bridgehead atoms. The van der Waals surface area contributed by atoms with Crippen molar-refractivity contribution in [1.29, 1.82) is 0 Å². The van der Waals surface area contributed by atoms with Crippen LogP contribution >= 0.6 is 0 Å². The number of nitrogen functional groups attached to an aromatic ring is 1. The second-order valence-corrected chi connectivity index (χ2v) is 9.69. The molecule has 8 nitrogen and oxygen atoms in total. The largest absolute Gasteiger partial charge is 0.497 e. The molecule has 3 aromatic rings. The van der Waals surface area contributed by atoms with Gasteiger partial charge in [0, 0.05) is 13.1 Å².